The lowest BCUT2D eigenvalue weighted by Crippen LogP contribution is -2.24. The first-order valence-corrected chi connectivity index (χ1v) is 9.71. The average Bonchev–Trinajstić information content (AvgIpc) is 3.08. The Hall–Kier alpha value is -2.31. The van der Waals surface area contributed by atoms with Crippen molar-refractivity contribution in [2.24, 2.45) is 0 Å². The Morgan fingerprint density at radius 2 is 1.96 bits per heavy atom. The molecule has 26 heavy (non-hydrogen) atoms. The van der Waals surface area contributed by atoms with Crippen LogP contribution in [-0.2, 0) is 6.54 Å². The number of hydrogen-bond donors (Lipinski definition) is 1. The molecule has 1 heterocycles. The molecule has 3 aromatic rings. The van der Waals surface area contributed by atoms with Gasteiger partial charge in [-0.25, -0.2) is 0 Å². The Kier molecular flexibility index (Phi) is 6.30. The summed E-state index contributed by atoms with van der Waals surface area (Å²) in [5, 5.41) is 12.9. The van der Waals surface area contributed by atoms with Gasteiger partial charge in [0.05, 0.1) is 12.2 Å². The molecule has 7 heteroatoms. The fourth-order valence-electron chi connectivity index (χ4n) is 2.43. The summed E-state index contributed by atoms with van der Waals surface area (Å²) in [6.45, 7) is 2.40. The summed E-state index contributed by atoms with van der Waals surface area (Å²) >= 11 is 7.78. The van der Waals surface area contributed by atoms with Crippen molar-refractivity contribution in [3.63, 3.8) is 0 Å². The summed E-state index contributed by atoms with van der Waals surface area (Å²) in [5.74, 6) is 1.46. The first kappa shape index (κ1) is 18.5. The number of benzene rings is 2. The second-order valence-electron chi connectivity index (χ2n) is 5.61. The van der Waals surface area contributed by atoms with Crippen molar-refractivity contribution in [1.82, 2.24) is 20.1 Å². The summed E-state index contributed by atoms with van der Waals surface area (Å²) in [6.07, 6.45) is 1.03. The number of nitrogens with zero attached hydrogens (tertiary/aromatic N) is 3. The van der Waals surface area contributed by atoms with Crippen LogP contribution in [-0.4, -0.2) is 26.4 Å². The largest absolute Gasteiger partial charge is 0.345 e. The molecule has 0 fully saturated rings. The number of halogens is 1. The van der Waals surface area contributed by atoms with Crippen molar-refractivity contribution >= 4 is 29.3 Å². The third kappa shape index (κ3) is 4.45. The van der Waals surface area contributed by atoms with Gasteiger partial charge in [0.2, 0.25) is 0 Å². The molecule has 134 valence electrons. The predicted octanol–water partition coefficient (Wildman–Crippen LogP) is 4.35. The highest BCUT2D eigenvalue weighted by molar-refractivity contribution is 7.99. The van der Waals surface area contributed by atoms with Crippen molar-refractivity contribution in [1.29, 1.82) is 0 Å². The molecule has 1 N–H and O–H groups in total. The lowest BCUT2D eigenvalue weighted by Gasteiger charge is -2.11. The smallest absolute Gasteiger partial charge is 0.251 e. The van der Waals surface area contributed by atoms with Gasteiger partial charge in [0, 0.05) is 16.3 Å². The number of aromatic nitrogens is 3. The van der Waals surface area contributed by atoms with E-state index in [2.05, 4.69) is 22.4 Å². The van der Waals surface area contributed by atoms with Gasteiger partial charge >= 0.3 is 0 Å². The molecule has 0 saturated carbocycles. The van der Waals surface area contributed by atoms with Crippen LogP contribution in [0.1, 0.15) is 29.5 Å². The number of thioether (sulfide) groups is 1. The van der Waals surface area contributed by atoms with Crippen molar-refractivity contribution in [2.45, 2.75) is 25.0 Å². The van der Waals surface area contributed by atoms with E-state index in [4.69, 9.17) is 11.6 Å². The maximum atomic E-state index is 12.3. The summed E-state index contributed by atoms with van der Waals surface area (Å²) in [6, 6.07) is 16.6. The number of nitrogens with one attached hydrogen (secondary N) is 1. The molecule has 0 bridgehead atoms. The van der Waals surface area contributed by atoms with Crippen LogP contribution in [0.25, 0.3) is 5.69 Å². The van der Waals surface area contributed by atoms with Gasteiger partial charge in [-0.05, 0) is 36.8 Å². The molecular formula is C19H19ClN4OS. The highest BCUT2D eigenvalue weighted by Crippen LogP contribution is 2.24. The molecule has 0 saturated heterocycles. The minimum atomic E-state index is -0.144. The first-order valence-electron chi connectivity index (χ1n) is 8.35. The lowest BCUT2D eigenvalue weighted by molar-refractivity contribution is 0.0949. The predicted molar refractivity (Wildman–Crippen MR) is 105 cm³/mol. The van der Waals surface area contributed by atoms with E-state index in [0.29, 0.717) is 16.4 Å². The SMILES string of the molecule is CCCSc1nnc(CNC(=O)c2ccccc2)n1-c1cccc(Cl)c1. The van der Waals surface area contributed by atoms with Gasteiger partial charge in [-0.3, -0.25) is 9.36 Å². The van der Waals surface area contributed by atoms with Gasteiger partial charge in [0.1, 0.15) is 0 Å². The van der Waals surface area contributed by atoms with Gasteiger partial charge < -0.3 is 5.32 Å². The summed E-state index contributed by atoms with van der Waals surface area (Å²) in [5.41, 5.74) is 1.49. The minimum Gasteiger partial charge on any atom is -0.345 e. The van der Waals surface area contributed by atoms with E-state index < -0.39 is 0 Å². The standard InChI is InChI=1S/C19H19ClN4OS/c1-2-11-26-19-23-22-17(24(19)16-10-6-9-15(20)12-16)13-21-18(25)14-7-4-3-5-8-14/h3-10,12H,2,11,13H2,1H3,(H,21,25). The van der Waals surface area contributed by atoms with Crippen LogP contribution in [0.4, 0.5) is 0 Å². The molecule has 0 aliphatic rings. The summed E-state index contributed by atoms with van der Waals surface area (Å²) in [4.78, 5) is 12.3. The second kappa shape index (κ2) is 8.87. The maximum absolute atomic E-state index is 12.3. The highest BCUT2D eigenvalue weighted by Gasteiger charge is 2.15. The average molecular weight is 387 g/mol. The molecule has 0 aliphatic carbocycles. The van der Waals surface area contributed by atoms with E-state index >= 15 is 0 Å². The summed E-state index contributed by atoms with van der Waals surface area (Å²) in [7, 11) is 0. The lowest BCUT2D eigenvalue weighted by atomic mass is 10.2. The Balaban J connectivity index is 1.84. The molecule has 0 atom stereocenters. The van der Waals surface area contributed by atoms with E-state index in [1.807, 2.05) is 47.0 Å². The van der Waals surface area contributed by atoms with Gasteiger partial charge in [-0.2, -0.15) is 0 Å². The minimum absolute atomic E-state index is 0.144. The van der Waals surface area contributed by atoms with E-state index in [0.717, 1.165) is 23.0 Å². The van der Waals surface area contributed by atoms with Crippen LogP contribution in [0.3, 0.4) is 0 Å². The molecule has 0 unspecified atom stereocenters. The van der Waals surface area contributed by atoms with E-state index in [9.17, 15) is 4.79 Å². The molecule has 1 aromatic heterocycles. The molecule has 0 spiro atoms. The Morgan fingerprint density at radius 3 is 2.69 bits per heavy atom. The van der Waals surface area contributed by atoms with Crippen molar-refractivity contribution in [2.75, 3.05) is 5.75 Å². The quantitative estimate of drug-likeness (QED) is 0.613. The molecule has 0 aliphatic heterocycles. The van der Waals surface area contributed by atoms with Gasteiger partial charge in [-0.15, -0.1) is 10.2 Å². The molecule has 0 radical (unpaired) electrons. The van der Waals surface area contributed by atoms with Crippen molar-refractivity contribution in [3.8, 4) is 5.69 Å². The van der Waals surface area contributed by atoms with Crippen molar-refractivity contribution in [3.05, 3.63) is 71.0 Å². The van der Waals surface area contributed by atoms with Gasteiger partial charge in [0.15, 0.2) is 11.0 Å². The zero-order valence-corrected chi connectivity index (χ0v) is 15.9. The molecular weight excluding hydrogens is 368 g/mol. The number of amides is 1. The zero-order chi connectivity index (χ0) is 18.4. The van der Waals surface area contributed by atoms with Gasteiger partial charge in [0.25, 0.3) is 5.91 Å². The van der Waals surface area contributed by atoms with Crippen LogP contribution >= 0.6 is 23.4 Å². The Bertz CT molecular complexity index is 882. The van der Waals surface area contributed by atoms with E-state index in [1.54, 1.807) is 23.9 Å². The van der Waals surface area contributed by atoms with Crippen LogP contribution in [0.5, 0.6) is 0 Å². The fourth-order valence-corrected chi connectivity index (χ4v) is 3.44. The number of carbonyl (C=O) groups is 1. The fraction of sp³-hybridized carbons (Fsp3) is 0.211. The van der Waals surface area contributed by atoms with E-state index in [-0.39, 0.29) is 12.5 Å². The van der Waals surface area contributed by atoms with Gasteiger partial charge in [-0.1, -0.05) is 54.6 Å². The first-order chi connectivity index (χ1) is 12.7. The normalized spacial score (nSPS) is 10.7. The molecule has 3 rings (SSSR count). The van der Waals surface area contributed by atoms with Crippen LogP contribution < -0.4 is 5.32 Å². The van der Waals surface area contributed by atoms with Crippen molar-refractivity contribution < 1.29 is 4.79 Å². The van der Waals surface area contributed by atoms with Crippen LogP contribution in [0.15, 0.2) is 59.8 Å². The Morgan fingerprint density at radius 1 is 1.15 bits per heavy atom. The molecule has 1 amide bonds. The van der Waals surface area contributed by atoms with E-state index in [1.165, 1.54) is 0 Å². The highest BCUT2D eigenvalue weighted by atomic mass is 35.5. The number of rotatable bonds is 7. The Labute approximate surface area is 161 Å². The third-order valence-electron chi connectivity index (χ3n) is 3.65. The monoisotopic (exact) mass is 386 g/mol. The third-order valence-corrected chi connectivity index (χ3v) is 5.01. The number of hydrogen-bond acceptors (Lipinski definition) is 4. The van der Waals surface area contributed by atoms with Crippen LogP contribution in [0, 0.1) is 0 Å². The topological polar surface area (TPSA) is 59.8 Å². The zero-order valence-electron chi connectivity index (χ0n) is 14.4. The maximum Gasteiger partial charge on any atom is 0.251 e. The van der Waals surface area contributed by atoms with Crippen LogP contribution in [0.2, 0.25) is 5.02 Å². The molecule has 2 aromatic carbocycles. The second-order valence-corrected chi connectivity index (χ2v) is 7.11. The number of carbonyl (C=O) groups excluding carboxylic acids is 1. The molecule has 5 nitrogen and oxygen atoms in total. The summed E-state index contributed by atoms with van der Waals surface area (Å²) < 4.78 is 1.94.